The number of benzene rings is 2. The lowest BCUT2D eigenvalue weighted by Gasteiger charge is -2.00. The first-order valence-electron chi connectivity index (χ1n) is 5.22. The van der Waals surface area contributed by atoms with Crippen molar-refractivity contribution in [2.75, 3.05) is 0 Å². The number of rotatable bonds is 2. The third kappa shape index (κ3) is 3.05. The summed E-state index contributed by atoms with van der Waals surface area (Å²) in [6.45, 7) is 0. The zero-order chi connectivity index (χ0) is 12.1. The lowest BCUT2D eigenvalue weighted by atomic mass is 10.0. The maximum atomic E-state index is 9.18. The predicted molar refractivity (Wildman–Crippen MR) is 74.1 cm³/mol. The molecule has 0 unspecified atom stereocenters. The smallest absolute Gasteiger partial charge is 0.0998 e. The molecular weight excluding hydrogens is 274 g/mol. The zero-order valence-electron chi connectivity index (χ0n) is 9.10. The van der Waals surface area contributed by atoms with E-state index in [2.05, 4.69) is 22.0 Å². The molecule has 0 aromatic heterocycles. The van der Waals surface area contributed by atoms with Gasteiger partial charge in [0.1, 0.15) is 0 Å². The molecule has 0 atom stereocenters. The SMILES string of the molecule is N#C/C(=C/c1ccccc1)c1ccc(Br)cc1. The third-order valence-corrected chi connectivity index (χ3v) is 2.91. The number of allylic oxidation sites excluding steroid dienone is 1. The minimum Gasteiger partial charge on any atom is -0.192 e. The van der Waals surface area contributed by atoms with E-state index in [1.807, 2.05) is 60.7 Å². The van der Waals surface area contributed by atoms with Crippen LogP contribution in [0.2, 0.25) is 0 Å². The minimum absolute atomic E-state index is 0.670. The van der Waals surface area contributed by atoms with E-state index in [-0.39, 0.29) is 0 Å². The fourth-order valence-electron chi connectivity index (χ4n) is 1.53. The molecule has 0 radical (unpaired) electrons. The van der Waals surface area contributed by atoms with Crippen LogP contribution in [0.1, 0.15) is 11.1 Å². The van der Waals surface area contributed by atoms with Crippen LogP contribution in [0.5, 0.6) is 0 Å². The van der Waals surface area contributed by atoms with Crippen LogP contribution >= 0.6 is 15.9 Å². The summed E-state index contributed by atoms with van der Waals surface area (Å²) in [5.74, 6) is 0. The van der Waals surface area contributed by atoms with Crippen LogP contribution in [-0.2, 0) is 0 Å². The van der Waals surface area contributed by atoms with Gasteiger partial charge in [0.15, 0.2) is 0 Å². The number of hydrogen-bond acceptors (Lipinski definition) is 1. The van der Waals surface area contributed by atoms with Gasteiger partial charge in [-0.3, -0.25) is 0 Å². The fourth-order valence-corrected chi connectivity index (χ4v) is 1.79. The van der Waals surface area contributed by atoms with E-state index in [9.17, 15) is 5.26 Å². The molecule has 0 saturated heterocycles. The summed E-state index contributed by atoms with van der Waals surface area (Å²) in [6.07, 6.45) is 1.89. The Morgan fingerprint density at radius 3 is 2.24 bits per heavy atom. The van der Waals surface area contributed by atoms with Crippen molar-refractivity contribution >= 4 is 27.6 Å². The van der Waals surface area contributed by atoms with Crippen LogP contribution in [0, 0.1) is 11.3 Å². The Balaban J connectivity index is 2.38. The van der Waals surface area contributed by atoms with Gasteiger partial charge >= 0.3 is 0 Å². The molecule has 2 aromatic rings. The molecule has 0 spiro atoms. The second-order valence-electron chi connectivity index (χ2n) is 3.59. The van der Waals surface area contributed by atoms with Gasteiger partial charge in [0.2, 0.25) is 0 Å². The van der Waals surface area contributed by atoms with E-state index in [0.29, 0.717) is 5.57 Å². The summed E-state index contributed by atoms with van der Waals surface area (Å²) < 4.78 is 1.01. The Kier molecular flexibility index (Phi) is 3.74. The number of nitriles is 1. The van der Waals surface area contributed by atoms with Gasteiger partial charge in [-0.15, -0.1) is 0 Å². The Bertz CT molecular complexity index is 562. The Hall–Kier alpha value is -1.85. The standard InChI is InChI=1S/C15H10BrN/c16-15-8-6-13(7-9-15)14(11-17)10-12-4-2-1-3-5-12/h1-10H/b14-10-. The van der Waals surface area contributed by atoms with Gasteiger partial charge in [-0.2, -0.15) is 5.26 Å². The monoisotopic (exact) mass is 283 g/mol. The van der Waals surface area contributed by atoms with E-state index in [0.717, 1.165) is 15.6 Å². The van der Waals surface area contributed by atoms with Gasteiger partial charge in [0.05, 0.1) is 11.6 Å². The molecule has 0 saturated carbocycles. The molecule has 0 amide bonds. The number of hydrogen-bond donors (Lipinski definition) is 0. The molecule has 82 valence electrons. The Labute approximate surface area is 109 Å². The van der Waals surface area contributed by atoms with E-state index in [4.69, 9.17) is 0 Å². The molecule has 2 rings (SSSR count). The number of nitrogens with zero attached hydrogens (tertiary/aromatic N) is 1. The molecule has 1 nitrogen and oxygen atoms in total. The summed E-state index contributed by atoms with van der Waals surface area (Å²) in [5, 5.41) is 9.18. The molecule has 0 bridgehead atoms. The summed E-state index contributed by atoms with van der Waals surface area (Å²) in [6, 6.07) is 19.8. The fraction of sp³-hybridized carbons (Fsp3) is 0. The highest BCUT2D eigenvalue weighted by Crippen LogP contribution is 2.19. The molecule has 0 aliphatic carbocycles. The quantitative estimate of drug-likeness (QED) is 0.588. The van der Waals surface area contributed by atoms with Gasteiger partial charge in [-0.05, 0) is 29.3 Å². The highest BCUT2D eigenvalue weighted by atomic mass is 79.9. The van der Waals surface area contributed by atoms with Crippen molar-refractivity contribution < 1.29 is 0 Å². The van der Waals surface area contributed by atoms with Gasteiger partial charge in [0, 0.05) is 4.47 Å². The summed E-state index contributed by atoms with van der Waals surface area (Å²) >= 11 is 3.38. The summed E-state index contributed by atoms with van der Waals surface area (Å²) in [4.78, 5) is 0. The van der Waals surface area contributed by atoms with Crippen molar-refractivity contribution in [3.63, 3.8) is 0 Å². The molecule has 0 heterocycles. The molecular formula is C15H10BrN. The molecule has 0 aliphatic heterocycles. The van der Waals surface area contributed by atoms with Crippen molar-refractivity contribution in [3.8, 4) is 6.07 Å². The van der Waals surface area contributed by atoms with Crippen LogP contribution in [0.3, 0.4) is 0 Å². The minimum atomic E-state index is 0.670. The summed E-state index contributed by atoms with van der Waals surface area (Å²) in [7, 11) is 0. The van der Waals surface area contributed by atoms with Crippen molar-refractivity contribution in [1.29, 1.82) is 5.26 Å². The highest BCUT2D eigenvalue weighted by Gasteiger charge is 2.00. The molecule has 17 heavy (non-hydrogen) atoms. The van der Waals surface area contributed by atoms with Crippen LogP contribution in [0.25, 0.3) is 11.6 Å². The highest BCUT2D eigenvalue weighted by molar-refractivity contribution is 9.10. The van der Waals surface area contributed by atoms with E-state index >= 15 is 0 Å². The van der Waals surface area contributed by atoms with Crippen LogP contribution in [0.4, 0.5) is 0 Å². The van der Waals surface area contributed by atoms with Crippen LogP contribution in [-0.4, -0.2) is 0 Å². The van der Waals surface area contributed by atoms with Gasteiger partial charge in [-0.25, -0.2) is 0 Å². The lowest BCUT2D eigenvalue weighted by molar-refractivity contribution is 1.52. The van der Waals surface area contributed by atoms with Gasteiger partial charge < -0.3 is 0 Å². The maximum Gasteiger partial charge on any atom is 0.0998 e. The predicted octanol–water partition coefficient (Wildman–Crippen LogP) is 4.51. The third-order valence-electron chi connectivity index (χ3n) is 2.39. The van der Waals surface area contributed by atoms with Gasteiger partial charge in [0.25, 0.3) is 0 Å². The average molecular weight is 284 g/mol. The zero-order valence-corrected chi connectivity index (χ0v) is 10.7. The molecule has 0 fully saturated rings. The normalized spacial score (nSPS) is 10.9. The Morgan fingerprint density at radius 1 is 1.00 bits per heavy atom. The first kappa shape index (κ1) is 11.6. The maximum absolute atomic E-state index is 9.18. The second-order valence-corrected chi connectivity index (χ2v) is 4.50. The van der Waals surface area contributed by atoms with Crippen molar-refractivity contribution in [2.45, 2.75) is 0 Å². The van der Waals surface area contributed by atoms with Crippen LogP contribution < -0.4 is 0 Å². The molecule has 2 heteroatoms. The molecule has 0 N–H and O–H groups in total. The van der Waals surface area contributed by atoms with Crippen LogP contribution in [0.15, 0.2) is 59.1 Å². The van der Waals surface area contributed by atoms with Gasteiger partial charge in [-0.1, -0.05) is 58.4 Å². The van der Waals surface area contributed by atoms with Crippen molar-refractivity contribution in [3.05, 3.63) is 70.2 Å². The Morgan fingerprint density at radius 2 is 1.65 bits per heavy atom. The largest absolute Gasteiger partial charge is 0.192 e. The first-order valence-corrected chi connectivity index (χ1v) is 6.01. The average Bonchev–Trinajstić information content (AvgIpc) is 2.38. The molecule has 0 aliphatic rings. The first-order chi connectivity index (χ1) is 8.29. The van der Waals surface area contributed by atoms with E-state index < -0.39 is 0 Å². The van der Waals surface area contributed by atoms with Crippen molar-refractivity contribution in [2.24, 2.45) is 0 Å². The number of halogens is 1. The lowest BCUT2D eigenvalue weighted by Crippen LogP contribution is -1.81. The van der Waals surface area contributed by atoms with E-state index in [1.54, 1.807) is 0 Å². The molecule has 2 aromatic carbocycles. The van der Waals surface area contributed by atoms with Crippen molar-refractivity contribution in [1.82, 2.24) is 0 Å². The topological polar surface area (TPSA) is 23.8 Å². The van der Waals surface area contributed by atoms with E-state index in [1.165, 1.54) is 0 Å². The summed E-state index contributed by atoms with van der Waals surface area (Å²) in [5.41, 5.74) is 2.63. The second kappa shape index (κ2) is 5.47.